The molecule has 0 saturated carbocycles. The number of ketones is 1. The van der Waals surface area contributed by atoms with Crippen molar-refractivity contribution in [3.63, 3.8) is 0 Å². The fourth-order valence-electron chi connectivity index (χ4n) is 4.38. The van der Waals surface area contributed by atoms with Gasteiger partial charge in [-0.3, -0.25) is 19.2 Å². The maximum atomic E-state index is 13.3. The van der Waals surface area contributed by atoms with Gasteiger partial charge in [-0.25, -0.2) is 13.1 Å². The topological polar surface area (TPSA) is 173 Å². The third-order valence-corrected chi connectivity index (χ3v) is 7.79. The second-order valence-electron chi connectivity index (χ2n) is 9.80. The molecule has 0 aliphatic carbocycles. The van der Waals surface area contributed by atoms with Gasteiger partial charge in [-0.2, -0.15) is 0 Å². The molecule has 212 valence electrons. The first-order chi connectivity index (χ1) is 18.4. The number of sulfonamides is 1. The van der Waals surface area contributed by atoms with Crippen molar-refractivity contribution >= 4 is 33.6 Å². The summed E-state index contributed by atoms with van der Waals surface area (Å²) in [4.78, 5) is 49.9. The van der Waals surface area contributed by atoms with Gasteiger partial charge in [0.05, 0.1) is 30.7 Å². The Kier molecular flexibility index (Phi) is 12.3. The van der Waals surface area contributed by atoms with Gasteiger partial charge in [0.1, 0.15) is 0 Å². The lowest BCUT2D eigenvalue weighted by Gasteiger charge is -2.29. The van der Waals surface area contributed by atoms with Crippen LogP contribution in [0, 0.1) is 17.8 Å². The normalized spacial score (nSPS) is 13.8. The number of hydrogen-bond donors (Lipinski definition) is 4. The van der Waals surface area contributed by atoms with Gasteiger partial charge in [0, 0.05) is 5.92 Å². The zero-order valence-electron chi connectivity index (χ0n) is 22.2. The number of nitrogens with two attached hydrogens (primary N) is 1. The monoisotopic (exact) mass is 559 g/mol. The summed E-state index contributed by atoms with van der Waals surface area (Å²) in [7, 11) is -3.85. The van der Waals surface area contributed by atoms with Gasteiger partial charge in [-0.1, -0.05) is 74.5 Å². The van der Waals surface area contributed by atoms with E-state index in [0.717, 1.165) is 11.1 Å². The van der Waals surface area contributed by atoms with Gasteiger partial charge in [0.15, 0.2) is 5.78 Å². The Labute approximate surface area is 229 Å². The van der Waals surface area contributed by atoms with Crippen LogP contribution < -0.4 is 15.8 Å². The average Bonchev–Trinajstić information content (AvgIpc) is 2.88. The molecule has 39 heavy (non-hydrogen) atoms. The van der Waals surface area contributed by atoms with Crippen LogP contribution in [0.2, 0.25) is 0 Å². The molecule has 0 fully saturated rings. The highest BCUT2D eigenvalue weighted by atomic mass is 32.2. The van der Waals surface area contributed by atoms with Crippen LogP contribution in [0.4, 0.5) is 0 Å². The quantitative estimate of drug-likeness (QED) is 0.228. The summed E-state index contributed by atoms with van der Waals surface area (Å²) in [5, 5.41) is 11.8. The molecule has 2 rings (SSSR count). The minimum Gasteiger partial charge on any atom is -0.481 e. The van der Waals surface area contributed by atoms with E-state index in [4.69, 9.17) is 5.73 Å². The molecule has 0 spiro atoms. The summed E-state index contributed by atoms with van der Waals surface area (Å²) in [5.41, 5.74) is 7.43. The van der Waals surface area contributed by atoms with E-state index in [-0.39, 0.29) is 24.5 Å². The van der Waals surface area contributed by atoms with Crippen LogP contribution in [0.25, 0.3) is 0 Å². The van der Waals surface area contributed by atoms with Gasteiger partial charge >= 0.3 is 5.97 Å². The van der Waals surface area contributed by atoms with Gasteiger partial charge in [0.25, 0.3) is 0 Å². The van der Waals surface area contributed by atoms with Crippen LogP contribution in [-0.4, -0.2) is 55.4 Å². The van der Waals surface area contributed by atoms with Gasteiger partial charge in [0.2, 0.25) is 21.8 Å². The lowest BCUT2D eigenvalue weighted by molar-refractivity contribution is -0.141. The van der Waals surface area contributed by atoms with Gasteiger partial charge < -0.3 is 16.2 Å². The molecule has 3 atom stereocenters. The van der Waals surface area contributed by atoms with Crippen LogP contribution >= 0.6 is 0 Å². The third-order valence-electron chi connectivity index (χ3n) is 6.46. The van der Waals surface area contributed by atoms with E-state index in [0.29, 0.717) is 6.42 Å². The van der Waals surface area contributed by atoms with E-state index in [9.17, 15) is 32.7 Å². The number of carbonyl (C=O) groups is 4. The minimum atomic E-state index is -3.85. The number of Topliss-reactive ketones (excluding diaryl/α,β-unsaturated/α-hetero) is 1. The molecule has 0 saturated heterocycles. The van der Waals surface area contributed by atoms with Gasteiger partial charge in [-0.15, -0.1) is 0 Å². The highest BCUT2D eigenvalue weighted by Gasteiger charge is 2.37. The Morgan fingerprint density at radius 2 is 1.44 bits per heavy atom. The number of hydrogen-bond acceptors (Lipinski definition) is 6. The lowest BCUT2D eigenvalue weighted by Crippen LogP contribution is -2.51. The molecule has 11 heteroatoms. The van der Waals surface area contributed by atoms with Crippen LogP contribution in [-0.2, 0) is 42.0 Å². The van der Waals surface area contributed by atoms with Crippen LogP contribution in [0.5, 0.6) is 0 Å². The first-order valence-electron chi connectivity index (χ1n) is 12.8. The summed E-state index contributed by atoms with van der Waals surface area (Å²) in [6.45, 7) is 2.78. The molecule has 5 N–H and O–H groups in total. The Bertz CT molecular complexity index is 1220. The number of amides is 2. The maximum absolute atomic E-state index is 13.3. The number of aryl methyl sites for hydroxylation is 2. The van der Waals surface area contributed by atoms with E-state index < -0.39 is 64.4 Å². The van der Waals surface area contributed by atoms with Crippen LogP contribution in [0.3, 0.4) is 0 Å². The van der Waals surface area contributed by atoms with Crippen molar-refractivity contribution in [2.24, 2.45) is 23.5 Å². The van der Waals surface area contributed by atoms with E-state index in [1.54, 1.807) is 38.1 Å². The fraction of sp³-hybridized carbons (Fsp3) is 0.429. The maximum Gasteiger partial charge on any atom is 0.305 e. The Balaban J connectivity index is 2.08. The average molecular weight is 560 g/mol. The number of aliphatic carboxylic acids is 1. The minimum absolute atomic E-state index is 0.229. The van der Waals surface area contributed by atoms with Crippen LogP contribution in [0.1, 0.15) is 37.8 Å². The number of carboxylic acid groups (broad SMARTS) is 1. The first kappa shape index (κ1) is 31.6. The van der Waals surface area contributed by atoms with Crippen LogP contribution in [0.15, 0.2) is 60.7 Å². The predicted molar refractivity (Wildman–Crippen MR) is 147 cm³/mol. The highest BCUT2D eigenvalue weighted by Crippen LogP contribution is 2.26. The van der Waals surface area contributed by atoms with E-state index in [2.05, 4.69) is 10.0 Å². The second kappa shape index (κ2) is 15.1. The summed E-state index contributed by atoms with van der Waals surface area (Å²) in [5.74, 6) is -5.91. The van der Waals surface area contributed by atoms with E-state index in [1.165, 1.54) is 0 Å². The third kappa shape index (κ3) is 11.0. The van der Waals surface area contributed by atoms with Gasteiger partial charge in [-0.05, 0) is 36.3 Å². The second-order valence-corrected chi connectivity index (χ2v) is 11.7. The summed E-state index contributed by atoms with van der Waals surface area (Å²) >= 11 is 0. The Morgan fingerprint density at radius 3 is 1.92 bits per heavy atom. The van der Waals surface area contributed by atoms with Crippen molar-refractivity contribution in [2.45, 2.75) is 45.6 Å². The Morgan fingerprint density at radius 1 is 0.897 bits per heavy atom. The standard InChI is InChI=1S/C28H37N3O7S/c1-19(2)26(22(27(29)35)14-13-20-9-5-3-6-10-20)28(36)31-23(17-25(33)34)24(32)18-30-39(37,38)16-15-21-11-7-4-8-12-21/h3-12,19,22-23,26,30H,13-18H2,1-2H3,(H2,29,35)(H,31,36)(H,33,34). The number of primary amides is 1. The smallest absolute Gasteiger partial charge is 0.305 e. The van der Waals surface area contributed by atoms with E-state index >= 15 is 0 Å². The number of nitrogens with one attached hydrogen (secondary N) is 2. The van der Waals surface area contributed by atoms with Crippen molar-refractivity contribution in [1.82, 2.24) is 10.0 Å². The molecule has 2 aromatic rings. The zero-order valence-corrected chi connectivity index (χ0v) is 23.0. The molecule has 0 aliphatic heterocycles. The van der Waals surface area contributed by atoms with Crippen molar-refractivity contribution in [2.75, 3.05) is 12.3 Å². The van der Waals surface area contributed by atoms with Crippen molar-refractivity contribution in [1.29, 1.82) is 0 Å². The predicted octanol–water partition coefficient (Wildman–Crippen LogP) is 1.68. The number of benzene rings is 2. The molecule has 2 aromatic carbocycles. The molecule has 0 heterocycles. The molecule has 0 bridgehead atoms. The van der Waals surface area contributed by atoms with Crippen molar-refractivity contribution < 1.29 is 32.7 Å². The summed E-state index contributed by atoms with van der Waals surface area (Å²) < 4.78 is 27.0. The molecule has 0 aromatic heterocycles. The SMILES string of the molecule is CC(C)C(C(=O)NC(CC(=O)O)C(=O)CNS(=O)(=O)CCc1ccccc1)C(CCc1ccccc1)C(N)=O. The molecular formula is C28H37N3O7S. The summed E-state index contributed by atoms with van der Waals surface area (Å²) in [6, 6.07) is 16.8. The lowest BCUT2D eigenvalue weighted by atomic mass is 9.78. The molecule has 0 aliphatic rings. The number of carbonyl (C=O) groups excluding carboxylic acids is 3. The Hall–Kier alpha value is -3.57. The number of rotatable bonds is 17. The fourth-order valence-corrected chi connectivity index (χ4v) is 5.39. The van der Waals surface area contributed by atoms with Crippen molar-refractivity contribution in [3.8, 4) is 0 Å². The first-order valence-corrected chi connectivity index (χ1v) is 14.4. The molecular weight excluding hydrogens is 522 g/mol. The molecule has 10 nitrogen and oxygen atoms in total. The molecule has 3 unspecified atom stereocenters. The number of carboxylic acids is 1. The molecule has 0 radical (unpaired) electrons. The zero-order chi connectivity index (χ0) is 29.0. The summed E-state index contributed by atoms with van der Waals surface area (Å²) in [6.07, 6.45) is 0.265. The largest absolute Gasteiger partial charge is 0.481 e. The van der Waals surface area contributed by atoms with E-state index in [1.807, 2.05) is 36.4 Å². The van der Waals surface area contributed by atoms with Crippen molar-refractivity contribution in [3.05, 3.63) is 71.8 Å². The highest BCUT2D eigenvalue weighted by molar-refractivity contribution is 7.89. The molecule has 2 amide bonds.